The van der Waals surface area contributed by atoms with Crippen LogP contribution in [0.2, 0.25) is 0 Å². The molecule has 1 aliphatic rings. The van der Waals surface area contributed by atoms with Gasteiger partial charge in [0.25, 0.3) is 5.91 Å². The molecule has 0 saturated heterocycles. The van der Waals surface area contributed by atoms with Gasteiger partial charge in [-0.15, -0.1) is 0 Å². The Morgan fingerprint density at radius 1 is 1.33 bits per heavy atom. The van der Waals surface area contributed by atoms with Crippen LogP contribution < -0.4 is 10.6 Å². The summed E-state index contributed by atoms with van der Waals surface area (Å²) in [7, 11) is 3.28. The summed E-state index contributed by atoms with van der Waals surface area (Å²) < 4.78 is 12.0. The minimum absolute atomic E-state index is 0. The molecule has 30 heavy (non-hydrogen) atoms. The zero-order chi connectivity index (χ0) is 21.0. The maximum atomic E-state index is 12.5. The number of aromatic nitrogens is 4. The zero-order valence-electron chi connectivity index (χ0n) is 17.7. The molecular formula is C19H30N6O5. The van der Waals surface area contributed by atoms with Gasteiger partial charge in [0.1, 0.15) is 11.8 Å². The first-order valence-electron chi connectivity index (χ1n) is 9.71. The predicted octanol–water partition coefficient (Wildman–Crippen LogP) is 1.49. The third-order valence-corrected chi connectivity index (χ3v) is 4.80. The number of aromatic amines is 1. The van der Waals surface area contributed by atoms with Crippen LogP contribution in [0.15, 0.2) is 12.1 Å². The first kappa shape index (κ1) is 23.4. The number of hydrogen-bond donors (Lipinski definition) is 3. The summed E-state index contributed by atoms with van der Waals surface area (Å²) >= 11 is 0. The molecule has 0 spiro atoms. The maximum Gasteiger partial charge on any atom is 0.407 e. The van der Waals surface area contributed by atoms with Crippen LogP contribution in [0.1, 0.15) is 60.9 Å². The number of methoxy groups -OCH3 is 1. The van der Waals surface area contributed by atoms with E-state index in [4.69, 9.17) is 9.47 Å². The second-order valence-corrected chi connectivity index (χ2v) is 7.58. The van der Waals surface area contributed by atoms with Crippen LogP contribution in [0, 0.1) is 0 Å². The number of H-pyrrole nitrogens is 1. The van der Waals surface area contributed by atoms with Crippen molar-refractivity contribution in [2.24, 2.45) is 7.05 Å². The summed E-state index contributed by atoms with van der Waals surface area (Å²) in [6.45, 7) is 4.12. The molecular weight excluding hydrogens is 392 g/mol. The minimum Gasteiger partial charge on any atom is -0.446 e. The van der Waals surface area contributed by atoms with E-state index in [1.807, 2.05) is 19.9 Å². The smallest absolute Gasteiger partial charge is 0.407 e. The third kappa shape index (κ3) is 5.80. The highest BCUT2D eigenvalue weighted by molar-refractivity contribution is 6.02. The number of alkyl carbamates (subject to hydrolysis) is 1. The molecule has 0 aliphatic heterocycles. The van der Waals surface area contributed by atoms with E-state index in [9.17, 15) is 9.59 Å². The normalized spacial score (nSPS) is 18.2. The summed E-state index contributed by atoms with van der Waals surface area (Å²) in [5.74, 6) is 0.356. The van der Waals surface area contributed by atoms with Crippen molar-refractivity contribution in [1.29, 1.82) is 0 Å². The summed E-state index contributed by atoms with van der Waals surface area (Å²) in [5.41, 5.74) is 2.02. The molecule has 0 radical (unpaired) electrons. The van der Waals surface area contributed by atoms with E-state index < -0.39 is 0 Å². The number of nitrogens with one attached hydrogen (secondary N) is 3. The van der Waals surface area contributed by atoms with Gasteiger partial charge in [-0.05, 0) is 39.2 Å². The SMILES string of the molecule is COCc1cc(C(=O)Nc2cc(C3CCC(OC(=O)NC(C)C)C3)[nH]n2)n(C)n1.O. The fourth-order valence-corrected chi connectivity index (χ4v) is 3.50. The van der Waals surface area contributed by atoms with Crippen molar-refractivity contribution in [2.75, 3.05) is 12.4 Å². The average Bonchev–Trinajstić information content (AvgIpc) is 3.35. The number of carbonyl (C=O) groups excluding carboxylic acids is 2. The summed E-state index contributed by atoms with van der Waals surface area (Å²) in [4.78, 5) is 24.3. The Morgan fingerprint density at radius 3 is 2.80 bits per heavy atom. The van der Waals surface area contributed by atoms with Gasteiger partial charge in [0.15, 0.2) is 5.82 Å². The van der Waals surface area contributed by atoms with Crippen molar-refractivity contribution in [1.82, 2.24) is 25.3 Å². The number of anilines is 1. The molecule has 2 unspecified atom stereocenters. The summed E-state index contributed by atoms with van der Waals surface area (Å²) in [6.07, 6.45) is 1.91. The van der Waals surface area contributed by atoms with Gasteiger partial charge in [-0.1, -0.05) is 0 Å². The lowest BCUT2D eigenvalue weighted by molar-refractivity contribution is 0.0979. The number of aryl methyl sites for hydroxylation is 1. The Balaban J connectivity index is 0.00000320. The topological polar surface area (TPSA) is 155 Å². The van der Waals surface area contributed by atoms with Gasteiger partial charge in [0.05, 0.1) is 12.3 Å². The van der Waals surface area contributed by atoms with Gasteiger partial charge in [0, 0.05) is 37.9 Å². The molecule has 5 N–H and O–H groups in total. The number of hydrogen-bond acceptors (Lipinski definition) is 6. The first-order valence-corrected chi connectivity index (χ1v) is 9.71. The van der Waals surface area contributed by atoms with Gasteiger partial charge in [0.2, 0.25) is 0 Å². The number of amides is 2. The maximum absolute atomic E-state index is 12.5. The molecule has 166 valence electrons. The van der Waals surface area contributed by atoms with E-state index in [0.717, 1.165) is 25.0 Å². The largest absolute Gasteiger partial charge is 0.446 e. The van der Waals surface area contributed by atoms with Crippen LogP contribution in [0.4, 0.5) is 10.6 Å². The molecule has 2 aromatic rings. The number of carbonyl (C=O) groups is 2. The second kappa shape index (κ2) is 10.2. The molecule has 11 heteroatoms. The zero-order valence-corrected chi connectivity index (χ0v) is 17.7. The summed E-state index contributed by atoms with van der Waals surface area (Å²) in [5, 5.41) is 16.9. The van der Waals surface area contributed by atoms with E-state index in [1.165, 1.54) is 4.68 Å². The van der Waals surface area contributed by atoms with Crippen LogP contribution in [0.5, 0.6) is 0 Å². The van der Waals surface area contributed by atoms with E-state index in [0.29, 0.717) is 23.8 Å². The molecule has 2 atom stereocenters. The lowest BCUT2D eigenvalue weighted by atomic mass is 10.0. The molecule has 0 aromatic carbocycles. The average molecular weight is 422 g/mol. The van der Waals surface area contributed by atoms with Crippen LogP contribution in [-0.2, 0) is 23.1 Å². The fraction of sp³-hybridized carbons (Fsp3) is 0.579. The second-order valence-electron chi connectivity index (χ2n) is 7.58. The first-order chi connectivity index (χ1) is 13.9. The van der Waals surface area contributed by atoms with Crippen LogP contribution in [0.25, 0.3) is 0 Å². The Kier molecular flexibility index (Phi) is 7.95. The Morgan fingerprint density at radius 2 is 2.10 bits per heavy atom. The van der Waals surface area contributed by atoms with Crippen molar-refractivity contribution in [3.8, 4) is 0 Å². The van der Waals surface area contributed by atoms with Gasteiger partial charge in [-0.3, -0.25) is 14.6 Å². The fourth-order valence-electron chi connectivity index (χ4n) is 3.50. The monoisotopic (exact) mass is 422 g/mol. The van der Waals surface area contributed by atoms with Crippen molar-refractivity contribution in [2.45, 2.75) is 57.8 Å². The lowest BCUT2D eigenvalue weighted by Gasteiger charge is -2.14. The Labute approximate surface area is 174 Å². The van der Waals surface area contributed by atoms with Crippen LogP contribution >= 0.6 is 0 Å². The highest BCUT2D eigenvalue weighted by Crippen LogP contribution is 2.35. The predicted molar refractivity (Wildman–Crippen MR) is 109 cm³/mol. The van der Waals surface area contributed by atoms with E-state index in [1.54, 1.807) is 20.2 Å². The van der Waals surface area contributed by atoms with Crippen LogP contribution in [-0.4, -0.2) is 56.7 Å². The molecule has 11 nitrogen and oxygen atoms in total. The number of rotatable bonds is 7. The third-order valence-electron chi connectivity index (χ3n) is 4.80. The molecule has 1 fully saturated rings. The summed E-state index contributed by atoms with van der Waals surface area (Å²) in [6, 6.07) is 3.56. The lowest BCUT2D eigenvalue weighted by Crippen LogP contribution is -2.33. The van der Waals surface area contributed by atoms with E-state index in [2.05, 4.69) is 25.9 Å². The standard InChI is InChI=1S/C19H28N6O4.H2O/c1-11(2)20-19(27)29-14-6-5-12(7-14)15-9-17(23-22-15)21-18(26)16-8-13(10-28-4)24-25(16)3;/h8-9,11-12,14H,5-7,10H2,1-4H3,(H,20,27)(H2,21,22,23,26);1H2. The quantitative estimate of drug-likeness (QED) is 0.614. The molecule has 2 heterocycles. The van der Waals surface area contributed by atoms with E-state index >= 15 is 0 Å². The Hall–Kier alpha value is -2.92. The van der Waals surface area contributed by atoms with Crippen molar-refractivity contribution >= 4 is 17.8 Å². The van der Waals surface area contributed by atoms with Crippen LogP contribution in [0.3, 0.4) is 0 Å². The van der Waals surface area contributed by atoms with Crippen molar-refractivity contribution in [3.63, 3.8) is 0 Å². The number of ether oxygens (including phenoxy) is 2. The van der Waals surface area contributed by atoms with Gasteiger partial charge in [-0.2, -0.15) is 10.2 Å². The van der Waals surface area contributed by atoms with E-state index in [-0.39, 0.29) is 35.5 Å². The molecule has 1 aliphatic carbocycles. The highest BCUT2D eigenvalue weighted by atomic mass is 16.6. The number of nitrogens with zero attached hydrogens (tertiary/aromatic N) is 3. The van der Waals surface area contributed by atoms with Crippen molar-refractivity contribution < 1.29 is 24.5 Å². The molecule has 2 amide bonds. The Bertz CT molecular complexity index is 861. The molecule has 0 bridgehead atoms. The van der Waals surface area contributed by atoms with Gasteiger partial charge >= 0.3 is 6.09 Å². The minimum atomic E-state index is -0.382. The van der Waals surface area contributed by atoms with Gasteiger partial charge in [-0.25, -0.2) is 4.79 Å². The molecule has 2 aromatic heterocycles. The highest BCUT2D eigenvalue weighted by Gasteiger charge is 2.30. The van der Waals surface area contributed by atoms with Crippen molar-refractivity contribution in [3.05, 3.63) is 29.2 Å². The van der Waals surface area contributed by atoms with Gasteiger partial charge < -0.3 is 25.6 Å². The molecule has 1 saturated carbocycles. The molecule has 3 rings (SSSR count).